The van der Waals surface area contributed by atoms with Gasteiger partial charge < -0.3 is 5.32 Å². The number of carbonyl (C=O) groups is 1. The fraction of sp³-hybridized carbons (Fsp3) is 0.484. The van der Waals surface area contributed by atoms with Crippen molar-refractivity contribution in [3.63, 3.8) is 0 Å². The van der Waals surface area contributed by atoms with Crippen LogP contribution in [0.3, 0.4) is 0 Å². The number of unbranched alkanes of at least 4 members (excludes halogenated alkanes) is 6. The van der Waals surface area contributed by atoms with Crippen molar-refractivity contribution in [2.24, 2.45) is 0 Å². The maximum absolute atomic E-state index is 13.4. The zero-order valence-electron chi connectivity index (χ0n) is 23.4. The second-order valence-corrected chi connectivity index (χ2v) is 11.6. The molecule has 0 atom stereocenters. The lowest BCUT2D eigenvalue weighted by Crippen LogP contribution is -2.29. The lowest BCUT2D eigenvalue weighted by Gasteiger charge is -2.20. The van der Waals surface area contributed by atoms with Crippen molar-refractivity contribution < 1.29 is 4.79 Å². The molecule has 1 aliphatic rings. The van der Waals surface area contributed by atoms with Crippen molar-refractivity contribution in [2.75, 3.05) is 18.4 Å². The number of anilines is 1. The van der Waals surface area contributed by atoms with E-state index in [0.717, 1.165) is 32.1 Å². The summed E-state index contributed by atoms with van der Waals surface area (Å²) in [5.41, 5.74) is 2.30. The van der Waals surface area contributed by atoms with E-state index in [4.69, 9.17) is 12.2 Å². The third-order valence-electron chi connectivity index (χ3n) is 7.04. The molecule has 1 N–H and O–H groups in total. The maximum Gasteiger partial charge on any atom is 0.270 e. The number of thioether (sulfide) groups is 1. The van der Waals surface area contributed by atoms with Crippen LogP contribution >= 0.6 is 24.0 Å². The number of nitrogens with one attached hydrogen (secondary N) is 1. The molecule has 0 spiro atoms. The molecule has 6 nitrogen and oxygen atoms in total. The van der Waals surface area contributed by atoms with Crippen LogP contribution in [0.15, 0.2) is 40.0 Å². The van der Waals surface area contributed by atoms with Crippen LogP contribution in [0.1, 0.15) is 87.5 Å². The third kappa shape index (κ3) is 8.06. The Hall–Kier alpha value is -2.89. The second kappa shape index (κ2) is 15.6. The van der Waals surface area contributed by atoms with Gasteiger partial charge in [-0.25, -0.2) is 0 Å². The van der Waals surface area contributed by atoms with Crippen LogP contribution in [0.25, 0.3) is 6.08 Å². The Morgan fingerprint density at radius 2 is 1.69 bits per heavy atom. The van der Waals surface area contributed by atoms with Gasteiger partial charge in [0.2, 0.25) is 0 Å². The van der Waals surface area contributed by atoms with E-state index in [1.807, 2.05) is 24.3 Å². The van der Waals surface area contributed by atoms with E-state index in [0.29, 0.717) is 45.8 Å². The Balaban J connectivity index is 1.92. The number of amides is 1. The zero-order valence-corrected chi connectivity index (χ0v) is 25.1. The van der Waals surface area contributed by atoms with Gasteiger partial charge in [-0.05, 0) is 43.4 Å². The van der Waals surface area contributed by atoms with Crippen LogP contribution in [0.4, 0.5) is 5.82 Å². The van der Waals surface area contributed by atoms with E-state index >= 15 is 0 Å². The summed E-state index contributed by atoms with van der Waals surface area (Å²) in [4.78, 5) is 28.9. The molecule has 208 valence electrons. The minimum Gasteiger partial charge on any atom is -0.371 e. The maximum atomic E-state index is 13.4. The van der Waals surface area contributed by atoms with E-state index in [1.54, 1.807) is 16.4 Å². The molecule has 0 radical (unpaired) electrons. The fourth-order valence-electron chi connectivity index (χ4n) is 4.73. The normalized spacial score (nSPS) is 14.3. The lowest BCUT2D eigenvalue weighted by atomic mass is 10.0. The summed E-state index contributed by atoms with van der Waals surface area (Å²) in [6, 6.07) is 12.3. The summed E-state index contributed by atoms with van der Waals surface area (Å²) < 4.78 is 2.24. The molecule has 1 fully saturated rings. The van der Waals surface area contributed by atoms with Crippen molar-refractivity contribution in [1.82, 2.24) is 9.47 Å². The third-order valence-corrected chi connectivity index (χ3v) is 8.42. The standard InChI is InChI=1S/C31H40N4O2S2/c1-4-6-8-9-10-14-20-35-30(37)27(39-31(35)38)21-25-23(3)26(22-32)29(36)34(19-7-5-2)28(25)33-18-17-24-15-12-11-13-16-24/h11-13,15-16,21,33H,4-10,14,17-20H2,1-3H3/b27-21+. The molecule has 1 aliphatic heterocycles. The molecule has 1 amide bonds. The molecule has 3 rings (SSSR count). The first-order valence-electron chi connectivity index (χ1n) is 14.1. The lowest BCUT2D eigenvalue weighted by molar-refractivity contribution is -0.122. The number of aromatic nitrogens is 1. The Labute approximate surface area is 242 Å². The molecule has 1 saturated heterocycles. The van der Waals surface area contributed by atoms with Gasteiger partial charge in [0.15, 0.2) is 0 Å². The zero-order chi connectivity index (χ0) is 28.2. The first kappa shape index (κ1) is 30.6. The predicted molar refractivity (Wildman–Crippen MR) is 167 cm³/mol. The number of rotatable bonds is 15. The fourth-order valence-corrected chi connectivity index (χ4v) is 6.02. The summed E-state index contributed by atoms with van der Waals surface area (Å²) >= 11 is 6.88. The van der Waals surface area contributed by atoms with Gasteiger partial charge in [-0.15, -0.1) is 0 Å². The molecule has 1 aromatic carbocycles. The molecule has 8 heteroatoms. The van der Waals surface area contributed by atoms with Crippen molar-refractivity contribution >= 4 is 46.1 Å². The smallest absolute Gasteiger partial charge is 0.270 e. The van der Waals surface area contributed by atoms with E-state index < -0.39 is 0 Å². The Bertz CT molecular complexity index is 1280. The quantitative estimate of drug-likeness (QED) is 0.142. The Morgan fingerprint density at radius 1 is 1.00 bits per heavy atom. The molecule has 0 aliphatic carbocycles. The van der Waals surface area contributed by atoms with Crippen LogP contribution in [-0.4, -0.2) is 32.8 Å². The highest BCUT2D eigenvalue weighted by molar-refractivity contribution is 8.26. The van der Waals surface area contributed by atoms with Gasteiger partial charge in [-0.3, -0.25) is 19.1 Å². The highest BCUT2D eigenvalue weighted by atomic mass is 32.2. The molecule has 0 unspecified atom stereocenters. The number of carbonyl (C=O) groups excluding carboxylic acids is 1. The molecule has 2 aromatic rings. The van der Waals surface area contributed by atoms with Gasteiger partial charge in [0.25, 0.3) is 11.5 Å². The van der Waals surface area contributed by atoms with E-state index in [-0.39, 0.29) is 17.0 Å². The molecule has 0 bridgehead atoms. The van der Waals surface area contributed by atoms with Crippen molar-refractivity contribution in [3.8, 4) is 6.07 Å². The van der Waals surface area contributed by atoms with Gasteiger partial charge in [0, 0.05) is 25.2 Å². The average molecular weight is 565 g/mol. The molecule has 2 heterocycles. The molecule has 39 heavy (non-hydrogen) atoms. The highest BCUT2D eigenvalue weighted by Crippen LogP contribution is 2.35. The van der Waals surface area contributed by atoms with Crippen LogP contribution in [0.2, 0.25) is 0 Å². The molecular weight excluding hydrogens is 525 g/mol. The number of benzene rings is 1. The Kier molecular flexibility index (Phi) is 12.3. The average Bonchev–Trinajstić information content (AvgIpc) is 3.20. The number of pyridine rings is 1. The van der Waals surface area contributed by atoms with Gasteiger partial charge in [-0.1, -0.05) is 107 Å². The largest absolute Gasteiger partial charge is 0.371 e. The molecule has 0 saturated carbocycles. The van der Waals surface area contributed by atoms with E-state index in [1.165, 1.54) is 43.0 Å². The van der Waals surface area contributed by atoms with E-state index in [9.17, 15) is 14.9 Å². The van der Waals surface area contributed by atoms with Crippen LogP contribution in [-0.2, 0) is 17.8 Å². The predicted octanol–water partition coefficient (Wildman–Crippen LogP) is 7.04. The molecule has 1 aromatic heterocycles. The van der Waals surface area contributed by atoms with Crippen LogP contribution in [0.5, 0.6) is 0 Å². The number of nitriles is 1. The summed E-state index contributed by atoms with van der Waals surface area (Å²) in [5.74, 6) is 0.556. The SMILES string of the molecule is CCCCCCCCN1C(=O)/C(=C\c2c(C)c(C#N)c(=O)n(CCCC)c2NCCc2ccccc2)SC1=S. The summed E-state index contributed by atoms with van der Waals surface area (Å²) in [6.45, 7) is 7.79. The van der Waals surface area contributed by atoms with Crippen molar-refractivity contribution in [1.29, 1.82) is 5.26 Å². The van der Waals surface area contributed by atoms with Gasteiger partial charge in [-0.2, -0.15) is 5.26 Å². The van der Waals surface area contributed by atoms with Crippen molar-refractivity contribution in [2.45, 2.75) is 85.1 Å². The van der Waals surface area contributed by atoms with Crippen LogP contribution in [0, 0.1) is 18.3 Å². The Morgan fingerprint density at radius 3 is 2.38 bits per heavy atom. The summed E-state index contributed by atoms with van der Waals surface area (Å²) in [5, 5.41) is 13.3. The molecular formula is C31H40N4O2S2. The second-order valence-electron chi connectivity index (χ2n) is 9.95. The highest BCUT2D eigenvalue weighted by Gasteiger charge is 2.32. The number of hydrogen-bond acceptors (Lipinski definition) is 6. The topological polar surface area (TPSA) is 78.1 Å². The first-order chi connectivity index (χ1) is 18.9. The van der Waals surface area contributed by atoms with Crippen LogP contribution < -0.4 is 10.9 Å². The van der Waals surface area contributed by atoms with Gasteiger partial charge >= 0.3 is 0 Å². The number of nitrogens with zero attached hydrogens (tertiary/aromatic N) is 3. The van der Waals surface area contributed by atoms with Crippen molar-refractivity contribution in [3.05, 3.63) is 67.8 Å². The number of hydrogen-bond donors (Lipinski definition) is 1. The van der Waals surface area contributed by atoms with E-state index in [2.05, 4.69) is 37.4 Å². The number of thiocarbonyl (C=S) groups is 1. The first-order valence-corrected chi connectivity index (χ1v) is 15.4. The minimum absolute atomic E-state index is 0.0991. The monoisotopic (exact) mass is 564 g/mol. The van der Waals surface area contributed by atoms with Gasteiger partial charge in [0.05, 0.1) is 4.91 Å². The van der Waals surface area contributed by atoms with Gasteiger partial charge in [0.1, 0.15) is 21.8 Å². The summed E-state index contributed by atoms with van der Waals surface area (Å²) in [6.07, 6.45) is 11.2. The minimum atomic E-state index is -0.293. The summed E-state index contributed by atoms with van der Waals surface area (Å²) in [7, 11) is 0.